The number of rotatable bonds is 4. The Kier molecular flexibility index (Phi) is 5.83. The number of anilines is 1. The maximum absolute atomic E-state index is 12.9. The minimum absolute atomic E-state index is 0.0849. The van der Waals surface area contributed by atoms with E-state index < -0.39 is 0 Å². The van der Waals surface area contributed by atoms with Crippen LogP contribution in [0.1, 0.15) is 45.8 Å². The highest BCUT2D eigenvalue weighted by molar-refractivity contribution is 6.02. The Morgan fingerprint density at radius 2 is 1.86 bits per heavy atom. The first kappa shape index (κ1) is 19.7. The molecular formula is C23H26N2O3. The number of phenols is 1. The highest BCUT2D eigenvalue weighted by atomic mass is 16.3. The number of likely N-dealkylation sites (tertiary alicyclic amines) is 1. The molecule has 0 aromatic heterocycles. The van der Waals surface area contributed by atoms with E-state index >= 15 is 0 Å². The first-order valence-electron chi connectivity index (χ1n) is 9.52. The Morgan fingerprint density at radius 3 is 2.54 bits per heavy atom. The summed E-state index contributed by atoms with van der Waals surface area (Å²) >= 11 is 0. The predicted molar refractivity (Wildman–Crippen MR) is 111 cm³/mol. The molecule has 2 N–H and O–H groups in total. The molecule has 2 amide bonds. The van der Waals surface area contributed by atoms with Crippen LogP contribution in [-0.2, 0) is 4.79 Å². The van der Waals surface area contributed by atoms with Gasteiger partial charge in [0.15, 0.2) is 0 Å². The molecule has 5 nitrogen and oxygen atoms in total. The van der Waals surface area contributed by atoms with Crippen molar-refractivity contribution in [1.82, 2.24) is 4.90 Å². The quantitative estimate of drug-likeness (QED) is 0.620. The summed E-state index contributed by atoms with van der Waals surface area (Å²) in [5.41, 5.74) is 4.56. The Morgan fingerprint density at radius 1 is 1.14 bits per heavy atom. The van der Waals surface area contributed by atoms with Crippen LogP contribution in [0, 0.1) is 13.8 Å². The summed E-state index contributed by atoms with van der Waals surface area (Å²) in [5, 5.41) is 12.8. The van der Waals surface area contributed by atoms with Gasteiger partial charge in [-0.15, -0.1) is 0 Å². The third-order valence-electron chi connectivity index (χ3n) is 5.34. The number of hydrogen-bond acceptors (Lipinski definition) is 3. The molecule has 1 aliphatic rings. The lowest BCUT2D eigenvalue weighted by atomic mass is 9.86. The second kappa shape index (κ2) is 8.30. The molecule has 2 aromatic rings. The fourth-order valence-electron chi connectivity index (χ4n) is 3.74. The number of aromatic hydroxyl groups is 1. The van der Waals surface area contributed by atoms with Gasteiger partial charge in [0.1, 0.15) is 5.75 Å². The van der Waals surface area contributed by atoms with Crippen LogP contribution in [0.2, 0.25) is 0 Å². The number of piperidine rings is 1. The predicted octanol–water partition coefficient (Wildman–Crippen LogP) is 4.15. The van der Waals surface area contributed by atoms with Gasteiger partial charge < -0.3 is 15.3 Å². The van der Waals surface area contributed by atoms with Crippen molar-refractivity contribution in [2.45, 2.75) is 32.6 Å². The molecule has 0 spiro atoms. The molecule has 5 heteroatoms. The maximum Gasteiger partial charge on any atom is 0.257 e. The van der Waals surface area contributed by atoms with Crippen molar-refractivity contribution in [1.29, 1.82) is 0 Å². The van der Waals surface area contributed by atoms with Crippen LogP contribution < -0.4 is 5.32 Å². The van der Waals surface area contributed by atoms with Gasteiger partial charge in [-0.1, -0.05) is 30.3 Å². The largest absolute Gasteiger partial charge is 0.507 e. The number of aryl methyl sites for hydroxylation is 2. The minimum Gasteiger partial charge on any atom is -0.507 e. The average molecular weight is 378 g/mol. The summed E-state index contributed by atoms with van der Waals surface area (Å²) < 4.78 is 0. The summed E-state index contributed by atoms with van der Waals surface area (Å²) in [6.07, 6.45) is 2.94. The molecule has 1 fully saturated rings. The number of carbonyl (C=O) groups is 2. The molecule has 0 atom stereocenters. The third-order valence-corrected chi connectivity index (χ3v) is 5.34. The Hall–Kier alpha value is -3.08. The van der Waals surface area contributed by atoms with Gasteiger partial charge in [-0.25, -0.2) is 0 Å². The number of nitrogens with zero attached hydrogens (tertiary/aromatic N) is 1. The Labute approximate surface area is 165 Å². The molecule has 2 aromatic carbocycles. The first-order chi connectivity index (χ1) is 13.4. The van der Waals surface area contributed by atoms with Crippen LogP contribution in [0.25, 0.3) is 0 Å². The summed E-state index contributed by atoms with van der Waals surface area (Å²) in [6.45, 7) is 8.92. The van der Waals surface area contributed by atoms with E-state index in [9.17, 15) is 14.7 Å². The summed E-state index contributed by atoms with van der Waals surface area (Å²) in [6, 6.07) is 11.0. The van der Waals surface area contributed by atoms with Gasteiger partial charge in [-0.2, -0.15) is 0 Å². The molecular weight excluding hydrogens is 352 g/mol. The monoisotopic (exact) mass is 378 g/mol. The number of phenolic OH excluding ortho intramolecular Hbond substituents is 1. The van der Waals surface area contributed by atoms with Gasteiger partial charge in [0.05, 0.1) is 5.56 Å². The SMILES string of the molecule is C=CC(=O)Nc1ccc(O)c(C(=O)N2CCC(c3cc(C)ccc3C)CC2)c1. The molecule has 1 heterocycles. The van der Waals surface area contributed by atoms with E-state index in [0.29, 0.717) is 24.7 Å². The number of carbonyl (C=O) groups excluding carboxylic acids is 2. The topological polar surface area (TPSA) is 69.6 Å². The van der Waals surface area contributed by atoms with Crippen LogP contribution in [-0.4, -0.2) is 34.9 Å². The van der Waals surface area contributed by atoms with Crippen LogP contribution >= 0.6 is 0 Å². The molecule has 3 rings (SSSR count). The van der Waals surface area contributed by atoms with E-state index in [1.54, 1.807) is 11.0 Å². The molecule has 28 heavy (non-hydrogen) atoms. The Bertz CT molecular complexity index is 912. The van der Waals surface area contributed by atoms with Gasteiger partial charge >= 0.3 is 0 Å². The van der Waals surface area contributed by atoms with Crippen molar-refractivity contribution in [3.05, 3.63) is 71.3 Å². The normalized spacial score (nSPS) is 14.6. The zero-order chi connectivity index (χ0) is 20.3. The molecule has 1 saturated heterocycles. The second-order valence-corrected chi connectivity index (χ2v) is 7.35. The van der Waals surface area contributed by atoms with E-state index in [0.717, 1.165) is 18.9 Å². The smallest absolute Gasteiger partial charge is 0.257 e. The fraction of sp³-hybridized carbons (Fsp3) is 0.304. The molecule has 0 bridgehead atoms. The lowest BCUT2D eigenvalue weighted by Gasteiger charge is -2.33. The van der Waals surface area contributed by atoms with Crippen LogP contribution in [0.4, 0.5) is 5.69 Å². The molecule has 0 saturated carbocycles. The molecule has 0 radical (unpaired) electrons. The highest BCUT2D eigenvalue weighted by Gasteiger charge is 2.27. The number of nitrogens with one attached hydrogen (secondary N) is 1. The molecule has 0 aliphatic carbocycles. The Balaban J connectivity index is 1.71. The zero-order valence-corrected chi connectivity index (χ0v) is 16.4. The van der Waals surface area contributed by atoms with Gasteiger partial charge in [0, 0.05) is 18.8 Å². The van der Waals surface area contributed by atoms with E-state index in [1.807, 2.05) is 0 Å². The number of benzene rings is 2. The molecule has 1 aliphatic heterocycles. The fourth-order valence-corrected chi connectivity index (χ4v) is 3.74. The van der Waals surface area contributed by atoms with Crippen molar-refractivity contribution in [3.8, 4) is 5.75 Å². The van der Waals surface area contributed by atoms with Gasteiger partial charge in [-0.05, 0) is 68.0 Å². The minimum atomic E-state index is -0.363. The zero-order valence-electron chi connectivity index (χ0n) is 16.4. The van der Waals surface area contributed by atoms with Crippen LogP contribution in [0.5, 0.6) is 5.75 Å². The van der Waals surface area contributed by atoms with E-state index in [2.05, 4.69) is 43.9 Å². The van der Waals surface area contributed by atoms with Crippen molar-refractivity contribution >= 4 is 17.5 Å². The van der Waals surface area contributed by atoms with Crippen LogP contribution in [0.15, 0.2) is 49.1 Å². The lowest BCUT2D eigenvalue weighted by molar-refractivity contribution is -0.111. The van der Waals surface area contributed by atoms with Gasteiger partial charge in [-0.3, -0.25) is 9.59 Å². The molecule has 146 valence electrons. The third kappa shape index (κ3) is 4.25. The number of hydrogen-bond donors (Lipinski definition) is 2. The van der Waals surface area contributed by atoms with Gasteiger partial charge in [0.25, 0.3) is 5.91 Å². The highest BCUT2D eigenvalue weighted by Crippen LogP contribution is 2.32. The first-order valence-corrected chi connectivity index (χ1v) is 9.52. The van der Waals surface area contributed by atoms with E-state index in [4.69, 9.17) is 0 Å². The van der Waals surface area contributed by atoms with E-state index in [1.165, 1.54) is 28.8 Å². The summed E-state index contributed by atoms with van der Waals surface area (Å²) in [4.78, 5) is 26.2. The summed E-state index contributed by atoms with van der Waals surface area (Å²) in [7, 11) is 0. The van der Waals surface area contributed by atoms with Crippen molar-refractivity contribution in [2.75, 3.05) is 18.4 Å². The number of amides is 2. The van der Waals surface area contributed by atoms with Crippen molar-refractivity contribution in [3.63, 3.8) is 0 Å². The van der Waals surface area contributed by atoms with Crippen molar-refractivity contribution < 1.29 is 14.7 Å². The van der Waals surface area contributed by atoms with E-state index in [-0.39, 0.29) is 23.1 Å². The maximum atomic E-state index is 12.9. The van der Waals surface area contributed by atoms with Crippen LogP contribution in [0.3, 0.4) is 0 Å². The van der Waals surface area contributed by atoms with Crippen molar-refractivity contribution in [2.24, 2.45) is 0 Å². The standard InChI is InChI=1S/C23H26N2O3/c1-4-22(27)24-18-7-8-21(26)20(14-18)23(28)25-11-9-17(10-12-25)19-13-15(2)5-6-16(19)3/h4-8,13-14,17,26H,1,9-12H2,2-3H3,(H,24,27). The summed E-state index contributed by atoms with van der Waals surface area (Å²) in [5.74, 6) is -0.223. The van der Waals surface area contributed by atoms with Gasteiger partial charge in [0.2, 0.25) is 5.91 Å². The molecule has 0 unspecified atom stereocenters. The lowest BCUT2D eigenvalue weighted by Crippen LogP contribution is -2.38. The second-order valence-electron chi connectivity index (χ2n) is 7.35. The average Bonchev–Trinajstić information content (AvgIpc) is 2.70.